The standard InChI is InChI=1S/C17H18N4O8/c1-2-3-7-18-17(26)19-12(22)9-29-13(23)8-20-15(24)10-5-4-6-11(21(27)28)14(10)16(20)25/h4-6H,2-3,7-9H2,1H3,(H2,18,19,22,26). The maximum Gasteiger partial charge on any atom is 0.326 e. The summed E-state index contributed by atoms with van der Waals surface area (Å²) in [6, 6.07) is 2.81. The van der Waals surface area contributed by atoms with Gasteiger partial charge in [0.05, 0.1) is 10.5 Å². The Morgan fingerprint density at radius 3 is 2.59 bits per heavy atom. The zero-order valence-electron chi connectivity index (χ0n) is 15.4. The molecule has 2 rings (SSSR count). The summed E-state index contributed by atoms with van der Waals surface area (Å²) in [5.41, 5.74) is -1.15. The molecular formula is C17H18N4O8. The number of imide groups is 2. The van der Waals surface area contributed by atoms with Crippen LogP contribution in [0, 0.1) is 10.1 Å². The van der Waals surface area contributed by atoms with Crippen molar-refractivity contribution in [3.63, 3.8) is 0 Å². The number of nitrogens with one attached hydrogen (secondary N) is 2. The predicted molar refractivity (Wildman–Crippen MR) is 95.9 cm³/mol. The maximum absolute atomic E-state index is 12.3. The Labute approximate surface area is 164 Å². The third-order valence-electron chi connectivity index (χ3n) is 3.89. The molecule has 29 heavy (non-hydrogen) atoms. The van der Waals surface area contributed by atoms with E-state index in [0.29, 0.717) is 11.4 Å². The van der Waals surface area contributed by atoms with Crippen LogP contribution < -0.4 is 10.6 Å². The molecule has 12 heteroatoms. The summed E-state index contributed by atoms with van der Waals surface area (Å²) in [5.74, 6) is -3.88. The smallest absolute Gasteiger partial charge is 0.326 e. The number of urea groups is 1. The van der Waals surface area contributed by atoms with Crippen molar-refractivity contribution in [2.24, 2.45) is 0 Å². The first-order chi connectivity index (χ1) is 13.8. The van der Waals surface area contributed by atoms with Crippen molar-refractivity contribution in [2.45, 2.75) is 19.8 Å². The van der Waals surface area contributed by atoms with Gasteiger partial charge in [0.2, 0.25) is 0 Å². The molecule has 1 aliphatic rings. The Morgan fingerprint density at radius 2 is 1.93 bits per heavy atom. The molecule has 0 saturated heterocycles. The normalized spacial score (nSPS) is 12.4. The van der Waals surface area contributed by atoms with Crippen LogP contribution in [-0.4, -0.2) is 59.2 Å². The van der Waals surface area contributed by atoms with Crippen molar-refractivity contribution in [2.75, 3.05) is 19.7 Å². The Balaban J connectivity index is 1.90. The molecular weight excluding hydrogens is 388 g/mol. The summed E-state index contributed by atoms with van der Waals surface area (Å²) in [6.07, 6.45) is 1.59. The van der Waals surface area contributed by atoms with Gasteiger partial charge in [-0.1, -0.05) is 19.4 Å². The highest BCUT2D eigenvalue weighted by molar-refractivity contribution is 6.24. The molecule has 1 aromatic rings. The predicted octanol–water partition coefficient (Wildman–Crippen LogP) is 0.360. The van der Waals surface area contributed by atoms with Gasteiger partial charge in [0, 0.05) is 12.6 Å². The van der Waals surface area contributed by atoms with E-state index in [1.165, 1.54) is 12.1 Å². The number of benzene rings is 1. The van der Waals surface area contributed by atoms with Gasteiger partial charge in [-0.3, -0.25) is 39.5 Å². The van der Waals surface area contributed by atoms with Crippen LogP contribution in [0.15, 0.2) is 18.2 Å². The Morgan fingerprint density at radius 1 is 1.21 bits per heavy atom. The molecule has 1 aliphatic heterocycles. The zero-order valence-corrected chi connectivity index (χ0v) is 15.4. The number of nitro groups is 1. The van der Waals surface area contributed by atoms with Crippen LogP contribution in [-0.2, 0) is 14.3 Å². The topological polar surface area (TPSA) is 165 Å². The molecule has 0 unspecified atom stereocenters. The number of carbonyl (C=O) groups is 5. The van der Waals surface area contributed by atoms with E-state index in [1.807, 2.05) is 12.2 Å². The van der Waals surface area contributed by atoms with E-state index in [2.05, 4.69) is 10.1 Å². The molecule has 5 amide bonds. The fourth-order valence-electron chi connectivity index (χ4n) is 2.52. The lowest BCUT2D eigenvalue weighted by atomic mass is 10.1. The average Bonchev–Trinajstić information content (AvgIpc) is 2.91. The van der Waals surface area contributed by atoms with Gasteiger partial charge in [-0.15, -0.1) is 0 Å². The fraction of sp³-hybridized carbons (Fsp3) is 0.353. The Bertz CT molecular complexity index is 882. The number of rotatable bonds is 8. The summed E-state index contributed by atoms with van der Waals surface area (Å²) >= 11 is 0. The Hall–Kier alpha value is -3.83. The molecule has 1 heterocycles. The van der Waals surface area contributed by atoms with Crippen molar-refractivity contribution in [1.29, 1.82) is 0 Å². The molecule has 0 radical (unpaired) electrons. The number of carbonyl (C=O) groups excluding carboxylic acids is 5. The first-order valence-electron chi connectivity index (χ1n) is 8.63. The van der Waals surface area contributed by atoms with E-state index in [0.717, 1.165) is 18.9 Å². The highest BCUT2D eigenvalue weighted by Crippen LogP contribution is 2.30. The average molecular weight is 406 g/mol. The third-order valence-corrected chi connectivity index (χ3v) is 3.89. The number of ether oxygens (including phenoxy) is 1. The summed E-state index contributed by atoms with van der Waals surface area (Å²) < 4.78 is 4.65. The lowest BCUT2D eigenvalue weighted by Crippen LogP contribution is -2.42. The highest BCUT2D eigenvalue weighted by Gasteiger charge is 2.41. The molecule has 12 nitrogen and oxygen atoms in total. The van der Waals surface area contributed by atoms with Crippen LogP contribution in [0.25, 0.3) is 0 Å². The first kappa shape index (κ1) is 21.5. The number of fused-ring (bicyclic) bond motifs is 1. The number of unbranched alkanes of at least 4 members (excludes halogenated alkanes) is 1. The van der Waals surface area contributed by atoms with Gasteiger partial charge in [-0.2, -0.15) is 0 Å². The van der Waals surface area contributed by atoms with Crippen LogP contribution in [0.4, 0.5) is 10.5 Å². The van der Waals surface area contributed by atoms with Crippen LogP contribution in [0.3, 0.4) is 0 Å². The summed E-state index contributed by atoms with van der Waals surface area (Å²) in [7, 11) is 0. The van der Waals surface area contributed by atoms with Gasteiger partial charge in [0.15, 0.2) is 6.61 Å². The number of hydrogen-bond donors (Lipinski definition) is 2. The van der Waals surface area contributed by atoms with Gasteiger partial charge in [0.25, 0.3) is 23.4 Å². The molecule has 0 spiro atoms. The van der Waals surface area contributed by atoms with Crippen LogP contribution in [0.1, 0.15) is 40.5 Å². The van der Waals surface area contributed by atoms with Crippen molar-refractivity contribution in [3.05, 3.63) is 39.4 Å². The number of nitro benzene ring substituents is 1. The van der Waals surface area contributed by atoms with Gasteiger partial charge < -0.3 is 10.1 Å². The molecule has 0 aliphatic carbocycles. The summed E-state index contributed by atoms with van der Waals surface area (Å²) in [6.45, 7) is 0.668. The quantitative estimate of drug-likeness (QED) is 0.205. The van der Waals surface area contributed by atoms with E-state index >= 15 is 0 Å². The van der Waals surface area contributed by atoms with E-state index in [1.54, 1.807) is 0 Å². The summed E-state index contributed by atoms with van der Waals surface area (Å²) in [5, 5.41) is 15.4. The van der Waals surface area contributed by atoms with Gasteiger partial charge in [-0.25, -0.2) is 4.79 Å². The minimum absolute atomic E-state index is 0.196. The van der Waals surface area contributed by atoms with Gasteiger partial charge in [-0.05, 0) is 12.5 Å². The summed E-state index contributed by atoms with van der Waals surface area (Å²) in [4.78, 5) is 70.2. The molecule has 154 valence electrons. The highest BCUT2D eigenvalue weighted by atomic mass is 16.6. The minimum atomic E-state index is -1.09. The van der Waals surface area contributed by atoms with Crippen molar-refractivity contribution in [1.82, 2.24) is 15.5 Å². The molecule has 0 aromatic heterocycles. The second-order valence-electron chi connectivity index (χ2n) is 5.97. The van der Waals surface area contributed by atoms with Gasteiger partial charge >= 0.3 is 12.0 Å². The molecule has 0 saturated carbocycles. The van der Waals surface area contributed by atoms with E-state index in [-0.39, 0.29) is 5.56 Å². The van der Waals surface area contributed by atoms with Gasteiger partial charge in [0.1, 0.15) is 12.1 Å². The molecule has 1 aromatic carbocycles. The van der Waals surface area contributed by atoms with Crippen LogP contribution in [0.5, 0.6) is 0 Å². The van der Waals surface area contributed by atoms with Crippen molar-refractivity contribution >= 4 is 35.4 Å². The Kier molecular flexibility index (Phi) is 6.95. The number of nitrogens with zero attached hydrogens (tertiary/aromatic N) is 2. The molecule has 0 atom stereocenters. The molecule has 0 bridgehead atoms. The second kappa shape index (κ2) is 9.39. The van der Waals surface area contributed by atoms with E-state index in [4.69, 9.17) is 0 Å². The minimum Gasteiger partial charge on any atom is -0.454 e. The van der Waals surface area contributed by atoms with E-state index in [9.17, 15) is 34.1 Å². The largest absolute Gasteiger partial charge is 0.454 e. The van der Waals surface area contributed by atoms with Crippen LogP contribution in [0.2, 0.25) is 0 Å². The number of hydrogen-bond acceptors (Lipinski definition) is 8. The SMILES string of the molecule is CCCCNC(=O)NC(=O)COC(=O)CN1C(=O)c2cccc([N+](=O)[O-])c2C1=O. The van der Waals surface area contributed by atoms with Crippen molar-refractivity contribution in [3.8, 4) is 0 Å². The monoisotopic (exact) mass is 406 g/mol. The lowest BCUT2D eigenvalue weighted by Gasteiger charge is -2.13. The number of amides is 5. The van der Waals surface area contributed by atoms with Crippen LogP contribution >= 0.6 is 0 Å². The molecule has 2 N–H and O–H groups in total. The third kappa shape index (κ3) is 5.12. The second-order valence-corrected chi connectivity index (χ2v) is 5.97. The van der Waals surface area contributed by atoms with Crippen molar-refractivity contribution < 1.29 is 33.6 Å². The first-order valence-corrected chi connectivity index (χ1v) is 8.63. The lowest BCUT2D eigenvalue weighted by molar-refractivity contribution is -0.385. The zero-order chi connectivity index (χ0) is 21.6. The maximum atomic E-state index is 12.3. The molecule has 0 fully saturated rings. The number of esters is 1. The fourth-order valence-corrected chi connectivity index (χ4v) is 2.52. The van der Waals surface area contributed by atoms with E-state index < -0.39 is 59.0 Å².